The lowest BCUT2D eigenvalue weighted by molar-refractivity contribution is 0.0735. The number of hydrogen-bond acceptors (Lipinski definition) is 7. The van der Waals surface area contributed by atoms with Gasteiger partial charge in [0, 0.05) is 45.0 Å². The molecule has 1 amide bonds. The highest BCUT2D eigenvalue weighted by molar-refractivity contribution is 5.94. The van der Waals surface area contributed by atoms with Crippen molar-refractivity contribution in [3.05, 3.63) is 78.4 Å². The minimum absolute atomic E-state index is 0.0796. The highest BCUT2D eigenvalue weighted by atomic mass is 19.1. The molecule has 0 aliphatic carbocycles. The van der Waals surface area contributed by atoms with Crippen LogP contribution in [0.4, 0.5) is 21.8 Å². The van der Waals surface area contributed by atoms with Crippen molar-refractivity contribution in [2.75, 3.05) is 36.4 Å². The van der Waals surface area contributed by atoms with Gasteiger partial charge in [-0.3, -0.25) is 9.48 Å². The van der Waals surface area contributed by atoms with Gasteiger partial charge < -0.3 is 15.1 Å². The van der Waals surface area contributed by atoms with Crippen molar-refractivity contribution in [3.63, 3.8) is 0 Å². The first-order valence-corrected chi connectivity index (χ1v) is 10.9. The summed E-state index contributed by atoms with van der Waals surface area (Å²) in [6, 6.07) is 17.2. The van der Waals surface area contributed by atoms with Crippen LogP contribution in [0.1, 0.15) is 10.5 Å². The number of amides is 1. The van der Waals surface area contributed by atoms with Crippen LogP contribution in [-0.4, -0.2) is 61.9 Å². The number of piperazine rings is 1. The van der Waals surface area contributed by atoms with Gasteiger partial charge in [-0.05, 0) is 54.6 Å². The lowest BCUT2D eigenvalue weighted by Crippen LogP contribution is -2.49. The number of aromatic nitrogens is 5. The molecule has 3 aromatic heterocycles. The first-order valence-electron chi connectivity index (χ1n) is 10.9. The van der Waals surface area contributed by atoms with Gasteiger partial charge in [0.1, 0.15) is 17.3 Å². The fourth-order valence-corrected chi connectivity index (χ4v) is 3.86. The van der Waals surface area contributed by atoms with E-state index < -0.39 is 0 Å². The van der Waals surface area contributed by atoms with Crippen molar-refractivity contribution >= 4 is 23.4 Å². The zero-order chi connectivity index (χ0) is 23.5. The largest absolute Gasteiger partial charge is 0.352 e. The van der Waals surface area contributed by atoms with Crippen LogP contribution < -0.4 is 10.2 Å². The molecule has 0 atom stereocenters. The summed E-state index contributed by atoms with van der Waals surface area (Å²) in [4.78, 5) is 21.3. The van der Waals surface area contributed by atoms with E-state index in [1.165, 1.54) is 12.1 Å². The van der Waals surface area contributed by atoms with Crippen molar-refractivity contribution in [2.24, 2.45) is 7.05 Å². The maximum atomic E-state index is 13.2. The Labute approximate surface area is 195 Å². The second-order valence-corrected chi connectivity index (χ2v) is 7.94. The van der Waals surface area contributed by atoms with Gasteiger partial charge in [-0.15, -0.1) is 10.2 Å². The summed E-state index contributed by atoms with van der Waals surface area (Å²) < 4.78 is 14.8. The van der Waals surface area contributed by atoms with E-state index in [0.717, 1.165) is 11.4 Å². The Bertz CT molecular complexity index is 1270. The molecular weight excluding hydrogens is 435 g/mol. The molecule has 1 fully saturated rings. The van der Waals surface area contributed by atoms with Crippen LogP contribution in [0.2, 0.25) is 0 Å². The highest BCUT2D eigenvalue weighted by Crippen LogP contribution is 2.21. The third-order valence-electron chi connectivity index (χ3n) is 5.70. The Morgan fingerprint density at radius 3 is 2.41 bits per heavy atom. The summed E-state index contributed by atoms with van der Waals surface area (Å²) in [5, 5.41) is 16.1. The van der Waals surface area contributed by atoms with Crippen LogP contribution in [0.25, 0.3) is 11.3 Å². The minimum Gasteiger partial charge on any atom is -0.352 e. The summed E-state index contributed by atoms with van der Waals surface area (Å²) in [5.74, 6) is 1.69. The first kappa shape index (κ1) is 21.5. The molecule has 0 unspecified atom stereocenters. The number of aryl methyl sites for hydroxylation is 1. The number of carbonyl (C=O) groups excluding carboxylic acids is 1. The lowest BCUT2D eigenvalue weighted by atomic mass is 10.1. The topological polar surface area (TPSA) is 92.1 Å². The smallest absolute Gasteiger partial charge is 0.272 e. The second-order valence-electron chi connectivity index (χ2n) is 7.94. The van der Waals surface area contributed by atoms with E-state index in [1.54, 1.807) is 36.1 Å². The standard InChI is InChI=1S/C24H23FN8O/c1-31-20(16-19(30-31)17-5-7-18(25)8-6-17)24(34)33-14-12-32(13-15-33)23-10-9-22(28-29-23)27-21-4-2-3-11-26-21/h2-11,16H,12-15H2,1H3,(H,26,27,28). The van der Waals surface area contributed by atoms with E-state index in [-0.39, 0.29) is 11.7 Å². The van der Waals surface area contributed by atoms with E-state index in [9.17, 15) is 9.18 Å². The van der Waals surface area contributed by atoms with Gasteiger partial charge in [-0.1, -0.05) is 6.07 Å². The van der Waals surface area contributed by atoms with Crippen molar-refractivity contribution in [3.8, 4) is 11.3 Å². The van der Waals surface area contributed by atoms with E-state index in [1.807, 2.05) is 35.2 Å². The molecule has 0 spiro atoms. The Morgan fingerprint density at radius 2 is 1.74 bits per heavy atom. The summed E-state index contributed by atoms with van der Waals surface area (Å²) in [6.07, 6.45) is 1.71. The van der Waals surface area contributed by atoms with Gasteiger partial charge >= 0.3 is 0 Å². The molecule has 34 heavy (non-hydrogen) atoms. The predicted octanol–water partition coefficient (Wildman–Crippen LogP) is 3.12. The molecule has 1 aliphatic rings. The molecule has 4 aromatic rings. The van der Waals surface area contributed by atoms with E-state index >= 15 is 0 Å². The number of nitrogens with zero attached hydrogens (tertiary/aromatic N) is 7. The number of pyridine rings is 1. The van der Waals surface area contributed by atoms with Gasteiger partial charge in [0.25, 0.3) is 5.91 Å². The SMILES string of the molecule is Cn1nc(-c2ccc(F)cc2)cc1C(=O)N1CCN(c2ccc(Nc3ccccn3)nn2)CC1. The first-order chi connectivity index (χ1) is 16.6. The third-order valence-corrected chi connectivity index (χ3v) is 5.70. The zero-order valence-electron chi connectivity index (χ0n) is 18.6. The molecular formula is C24H23FN8O. The van der Waals surface area contributed by atoms with E-state index in [4.69, 9.17) is 0 Å². The Morgan fingerprint density at radius 1 is 0.941 bits per heavy atom. The van der Waals surface area contributed by atoms with Crippen LogP contribution in [-0.2, 0) is 7.05 Å². The zero-order valence-corrected chi connectivity index (χ0v) is 18.6. The van der Waals surface area contributed by atoms with E-state index in [2.05, 4.69) is 30.5 Å². The number of hydrogen-bond donors (Lipinski definition) is 1. The number of nitrogens with one attached hydrogen (secondary N) is 1. The van der Waals surface area contributed by atoms with Gasteiger partial charge in [-0.25, -0.2) is 9.37 Å². The Balaban J connectivity index is 1.20. The molecule has 1 aliphatic heterocycles. The van der Waals surface area contributed by atoms with Crippen LogP contribution in [0, 0.1) is 5.82 Å². The fraction of sp³-hybridized carbons (Fsp3) is 0.208. The quantitative estimate of drug-likeness (QED) is 0.491. The molecule has 1 aromatic carbocycles. The van der Waals surface area contributed by atoms with Crippen molar-refractivity contribution < 1.29 is 9.18 Å². The third kappa shape index (κ3) is 4.56. The maximum absolute atomic E-state index is 13.2. The Hall–Kier alpha value is -4.34. The number of halogens is 1. The number of benzene rings is 1. The predicted molar refractivity (Wildman–Crippen MR) is 126 cm³/mol. The summed E-state index contributed by atoms with van der Waals surface area (Å²) in [6.45, 7) is 2.42. The number of carbonyl (C=O) groups is 1. The molecule has 0 saturated carbocycles. The monoisotopic (exact) mass is 458 g/mol. The molecule has 1 saturated heterocycles. The van der Waals surface area contributed by atoms with Gasteiger partial charge in [0.2, 0.25) is 0 Å². The second kappa shape index (κ2) is 9.26. The van der Waals surface area contributed by atoms with Gasteiger partial charge in [0.05, 0.1) is 5.69 Å². The molecule has 172 valence electrons. The molecule has 0 bridgehead atoms. The molecule has 0 radical (unpaired) electrons. The van der Waals surface area contributed by atoms with Crippen LogP contribution in [0.15, 0.2) is 66.9 Å². The van der Waals surface area contributed by atoms with Gasteiger partial charge in [-0.2, -0.15) is 5.10 Å². The maximum Gasteiger partial charge on any atom is 0.272 e. The van der Waals surface area contributed by atoms with Crippen LogP contribution >= 0.6 is 0 Å². The summed E-state index contributed by atoms with van der Waals surface area (Å²) in [7, 11) is 1.74. The minimum atomic E-state index is -0.308. The van der Waals surface area contributed by atoms with Crippen molar-refractivity contribution in [2.45, 2.75) is 0 Å². The summed E-state index contributed by atoms with van der Waals surface area (Å²) >= 11 is 0. The molecule has 9 nitrogen and oxygen atoms in total. The number of anilines is 3. The molecule has 5 rings (SSSR count). The molecule has 4 heterocycles. The summed E-state index contributed by atoms with van der Waals surface area (Å²) in [5.41, 5.74) is 1.90. The molecule has 10 heteroatoms. The van der Waals surface area contributed by atoms with E-state index in [0.29, 0.717) is 49.2 Å². The van der Waals surface area contributed by atoms with Crippen LogP contribution in [0.5, 0.6) is 0 Å². The fourth-order valence-electron chi connectivity index (χ4n) is 3.86. The van der Waals surface area contributed by atoms with Crippen molar-refractivity contribution in [1.29, 1.82) is 0 Å². The number of rotatable bonds is 5. The van der Waals surface area contributed by atoms with Gasteiger partial charge in [0.15, 0.2) is 11.6 Å². The highest BCUT2D eigenvalue weighted by Gasteiger charge is 2.25. The Kier molecular flexibility index (Phi) is 5.86. The average Bonchev–Trinajstić information content (AvgIpc) is 3.27. The lowest BCUT2D eigenvalue weighted by Gasteiger charge is -2.35. The molecule has 1 N–H and O–H groups in total. The van der Waals surface area contributed by atoms with Crippen LogP contribution in [0.3, 0.4) is 0 Å². The normalized spacial score (nSPS) is 13.7. The van der Waals surface area contributed by atoms with Crippen molar-refractivity contribution in [1.82, 2.24) is 29.9 Å². The average molecular weight is 459 g/mol.